The smallest absolute Gasteiger partial charge is 0.195 e. The van der Waals surface area contributed by atoms with Crippen LogP contribution in [0.5, 0.6) is 0 Å². The summed E-state index contributed by atoms with van der Waals surface area (Å²) < 4.78 is 3.05. The SMILES string of the molecule is CCCCc1ccc([I+]c2ccc(CCCC)cc2)cc1.c1ccc([B-](c2ccccc2)(c2ccccc2)c2ccccc2)cc1. The molecule has 0 N–H and O–H groups in total. The van der Waals surface area contributed by atoms with E-state index in [0.717, 1.165) is 0 Å². The second kappa shape index (κ2) is 17.7. The van der Waals surface area contributed by atoms with Gasteiger partial charge in [0.1, 0.15) is 6.15 Å². The van der Waals surface area contributed by atoms with Crippen molar-refractivity contribution >= 4 is 28.0 Å². The number of halogens is 1. The maximum atomic E-state index is 2.34. The molecule has 6 rings (SSSR count). The first-order chi connectivity index (χ1) is 22.7. The minimum Gasteiger partial charge on any atom is -0.195 e. The quantitative estimate of drug-likeness (QED) is 0.115. The fourth-order valence-electron chi connectivity index (χ4n) is 6.44. The normalized spacial score (nSPS) is 11.0. The van der Waals surface area contributed by atoms with Gasteiger partial charge in [0.15, 0.2) is 7.14 Å². The van der Waals surface area contributed by atoms with Crippen LogP contribution in [0.1, 0.15) is 50.7 Å². The van der Waals surface area contributed by atoms with Crippen LogP contribution >= 0.6 is 0 Å². The van der Waals surface area contributed by atoms with Gasteiger partial charge < -0.3 is 0 Å². The van der Waals surface area contributed by atoms with Crippen molar-refractivity contribution in [3.63, 3.8) is 0 Å². The number of hydrogen-bond acceptors (Lipinski definition) is 0. The van der Waals surface area contributed by atoms with Gasteiger partial charge in [-0.1, -0.05) is 172 Å². The van der Waals surface area contributed by atoms with Crippen molar-refractivity contribution in [2.75, 3.05) is 0 Å². The van der Waals surface area contributed by atoms with E-state index in [0.29, 0.717) is 0 Å². The van der Waals surface area contributed by atoms with Gasteiger partial charge in [0, 0.05) is 0 Å². The van der Waals surface area contributed by atoms with Gasteiger partial charge >= 0.3 is 21.2 Å². The first-order valence-corrected chi connectivity index (χ1v) is 19.1. The maximum Gasteiger partial charge on any atom is 0.357 e. The molecule has 0 aromatic heterocycles. The zero-order valence-corrected chi connectivity index (χ0v) is 29.5. The molecule has 0 amide bonds. The summed E-state index contributed by atoms with van der Waals surface area (Å²) in [5, 5.41) is 0. The van der Waals surface area contributed by atoms with Crippen molar-refractivity contribution in [1.82, 2.24) is 0 Å². The van der Waals surface area contributed by atoms with Gasteiger partial charge in [-0.05, 0) is 61.1 Å². The molecule has 0 aliphatic heterocycles. The van der Waals surface area contributed by atoms with E-state index in [1.54, 1.807) is 0 Å². The molecule has 232 valence electrons. The van der Waals surface area contributed by atoms with Gasteiger partial charge in [-0.15, -0.1) is 0 Å². The van der Waals surface area contributed by atoms with Gasteiger partial charge in [0.2, 0.25) is 0 Å². The third kappa shape index (κ3) is 8.67. The van der Waals surface area contributed by atoms with Gasteiger partial charge in [-0.25, -0.2) is 0 Å². The van der Waals surface area contributed by atoms with Crippen LogP contribution in [-0.4, -0.2) is 6.15 Å². The fourth-order valence-corrected chi connectivity index (χ4v) is 8.59. The van der Waals surface area contributed by atoms with E-state index in [-0.39, 0.29) is 21.2 Å². The Morgan fingerprint density at radius 2 is 0.652 bits per heavy atom. The topological polar surface area (TPSA) is 0 Å². The van der Waals surface area contributed by atoms with Crippen molar-refractivity contribution in [3.8, 4) is 0 Å². The summed E-state index contributed by atoms with van der Waals surface area (Å²) in [6, 6.07) is 62.2. The molecule has 0 saturated carbocycles. The lowest BCUT2D eigenvalue weighted by atomic mass is 9.13. The largest absolute Gasteiger partial charge is 0.357 e. The molecule has 0 fully saturated rings. The molecule has 0 unspecified atom stereocenters. The summed E-state index contributed by atoms with van der Waals surface area (Å²) in [6.45, 7) is 4.51. The molecular formula is C44H46BI. The minimum absolute atomic E-state index is 0.0240. The van der Waals surface area contributed by atoms with Crippen LogP contribution < -0.4 is 43.1 Å². The molecule has 0 radical (unpaired) electrons. The third-order valence-electron chi connectivity index (χ3n) is 8.88. The predicted octanol–water partition coefficient (Wildman–Crippen LogP) is 5.56. The van der Waals surface area contributed by atoms with Crippen LogP contribution in [0, 0.1) is 7.14 Å². The highest BCUT2D eigenvalue weighted by Crippen LogP contribution is 2.09. The van der Waals surface area contributed by atoms with Crippen molar-refractivity contribution in [1.29, 1.82) is 0 Å². The number of benzene rings is 6. The third-order valence-corrected chi connectivity index (χ3v) is 11.6. The molecule has 0 nitrogen and oxygen atoms in total. The second-order valence-corrected chi connectivity index (χ2v) is 15.1. The maximum absolute atomic E-state index is 2.34. The average molecular weight is 713 g/mol. The zero-order valence-electron chi connectivity index (χ0n) is 27.4. The van der Waals surface area contributed by atoms with Crippen molar-refractivity contribution in [3.05, 3.63) is 188 Å². The molecule has 46 heavy (non-hydrogen) atoms. The van der Waals surface area contributed by atoms with E-state index < -0.39 is 6.15 Å². The first-order valence-electron chi connectivity index (χ1n) is 16.9. The molecule has 6 aromatic carbocycles. The van der Waals surface area contributed by atoms with Crippen molar-refractivity contribution in [2.45, 2.75) is 52.4 Å². The van der Waals surface area contributed by atoms with Gasteiger partial charge in [-0.2, -0.15) is 21.9 Å². The highest BCUT2D eigenvalue weighted by molar-refractivity contribution is 7.19. The minimum atomic E-state index is -1.22. The lowest BCUT2D eigenvalue weighted by molar-refractivity contribution is -0.597. The summed E-state index contributed by atoms with van der Waals surface area (Å²) in [7, 11) is 0. The van der Waals surface area contributed by atoms with Crippen molar-refractivity contribution < 1.29 is 21.2 Å². The Bertz CT molecular complexity index is 1470. The lowest BCUT2D eigenvalue weighted by Gasteiger charge is -2.44. The number of unbranched alkanes of at least 4 members (excludes halogenated alkanes) is 2. The molecule has 0 spiro atoms. The Morgan fingerprint density at radius 3 is 0.913 bits per heavy atom. The van der Waals surface area contributed by atoms with Crippen LogP contribution in [0.2, 0.25) is 0 Å². The number of aryl methyl sites for hydroxylation is 2. The van der Waals surface area contributed by atoms with Crippen LogP contribution in [0.15, 0.2) is 170 Å². The summed E-state index contributed by atoms with van der Waals surface area (Å²) in [5.74, 6) is 0. The van der Waals surface area contributed by atoms with Crippen LogP contribution in [0.4, 0.5) is 0 Å². The van der Waals surface area contributed by atoms with E-state index >= 15 is 0 Å². The first kappa shape index (κ1) is 33.5. The van der Waals surface area contributed by atoms with Crippen LogP contribution in [0.25, 0.3) is 0 Å². The van der Waals surface area contributed by atoms with E-state index in [2.05, 4.69) is 184 Å². The Labute approximate surface area is 288 Å². The molecule has 6 aromatic rings. The van der Waals surface area contributed by atoms with E-state index in [4.69, 9.17) is 0 Å². The summed E-state index contributed by atoms with van der Waals surface area (Å²) in [5.41, 5.74) is 8.33. The molecule has 0 bridgehead atoms. The zero-order chi connectivity index (χ0) is 31.9. The Balaban J connectivity index is 0.000000184. The van der Waals surface area contributed by atoms with E-state index in [9.17, 15) is 0 Å². The standard InChI is InChI=1S/C24H20B.C20H26I/c1-5-13-21(14-6-1)25(22-15-7-2-8-16-22,23-17-9-3-10-18-23)24-19-11-4-12-20-24;1-3-5-7-17-9-13-19(14-10-17)21-20-15-11-18(12-16-20)8-6-4-2/h1-20H;9-16H,3-8H2,1-2H3/q-1;+1. The molecule has 0 atom stereocenters. The molecule has 0 aliphatic rings. The van der Waals surface area contributed by atoms with Crippen LogP contribution in [-0.2, 0) is 12.8 Å². The summed E-state index contributed by atoms with van der Waals surface area (Å²) in [6.07, 6.45) is 6.38. The highest BCUT2D eigenvalue weighted by atomic mass is 127. The average Bonchev–Trinajstić information content (AvgIpc) is 3.13. The fraction of sp³-hybridized carbons (Fsp3) is 0.182. The molecule has 2 heteroatoms. The Morgan fingerprint density at radius 1 is 0.370 bits per heavy atom. The Hall–Kier alpha value is -3.89. The highest BCUT2D eigenvalue weighted by Gasteiger charge is 2.31. The summed E-state index contributed by atoms with van der Waals surface area (Å²) >= 11 is -0.0240. The molecule has 0 saturated heterocycles. The summed E-state index contributed by atoms with van der Waals surface area (Å²) in [4.78, 5) is 0. The van der Waals surface area contributed by atoms with Crippen molar-refractivity contribution in [2.24, 2.45) is 0 Å². The predicted molar refractivity (Wildman–Crippen MR) is 198 cm³/mol. The van der Waals surface area contributed by atoms with E-state index in [1.807, 2.05) is 0 Å². The van der Waals surface area contributed by atoms with Crippen LogP contribution in [0.3, 0.4) is 0 Å². The van der Waals surface area contributed by atoms with Gasteiger partial charge in [0.05, 0.1) is 0 Å². The number of hydrogen-bond donors (Lipinski definition) is 0. The number of rotatable bonds is 12. The van der Waals surface area contributed by atoms with Gasteiger partial charge in [-0.3, -0.25) is 0 Å². The monoisotopic (exact) mass is 712 g/mol. The molecule has 0 aliphatic carbocycles. The Kier molecular flexibility index (Phi) is 12.9. The van der Waals surface area contributed by atoms with Gasteiger partial charge in [0.25, 0.3) is 0 Å². The molecular weight excluding hydrogens is 666 g/mol. The second-order valence-electron chi connectivity index (χ2n) is 12.1. The van der Waals surface area contributed by atoms with E-state index in [1.165, 1.54) is 78.6 Å². The lowest BCUT2D eigenvalue weighted by Crippen LogP contribution is -3.61. The molecule has 0 heterocycles.